The SMILES string of the molecule is COc1cc(Cl)c(C)cc1NC(=S)NN=C1CC2(CCCCC2)Oc2ccc(O)cc21. The van der Waals surface area contributed by atoms with E-state index in [4.69, 9.17) is 33.3 Å². The van der Waals surface area contributed by atoms with Gasteiger partial charge in [-0.3, -0.25) is 5.43 Å². The molecule has 0 saturated heterocycles. The number of benzene rings is 2. The monoisotopic (exact) mass is 459 g/mol. The maximum Gasteiger partial charge on any atom is 0.191 e. The Hall–Kier alpha value is -2.51. The number of nitrogens with one attached hydrogen (secondary N) is 2. The maximum absolute atomic E-state index is 9.99. The molecule has 0 amide bonds. The summed E-state index contributed by atoms with van der Waals surface area (Å²) in [7, 11) is 1.58. The lowest BCUT2D eigenvalue weighted by molar-refractivity contribution is 0.0320. The van der Waals surface area contributed by atoms with Crippen LogP contribution in [0.15, 0.2) is 35.4 Å². The molecular formula is C23H26ClN3O3S. The first-order chi connectivity index (χ1) is 14.9. The van der Waals surface area contributed by atoms with Crippen molar-refractivity contribution < 1.29 is 14.6 Å². The average Bonchev–Trinajstić information content (AvgIpc) is 2.75. The van der Waals surface area contributed by atoms with Gasteiger partial charge in [0.05, 0.1) is 18.5 Å². The number of hydrogen-bond acceptors (Lipinski definition) is 5. The third-order valence-electron chi connectivity index (χ3n) is 5.88. The summed E-state index contributed by atoms with van der Waals surface area (Å²) < 4.78 is 11.8. The molecule has 2 aliphatic rings. The Morgan fingerprint density at radius 2 is 2.00 bits per heavy atom. The summed E-state index contributed by atoms with van der Waals surface area (Å²) >= 11 is 11.6. The van der Waals surface area contributed by atoms with E-state index in [2.05, 4.69) is 15.8 Å². The number of aryl methyl sites for hydroxylation is 1. The predicted octanol–water partition coefficient (Wildman–Crippen LogP) is 5.54. The molecule has 4 rings (SSSR count). The summed E-state index contributed by atoms with van der Waals surface area (Å²) in [4.78, 5) is 0. The quantitative estimate of drug-likeness (QED) is 0.413. The molecule has 1 aliphatic carbocycles. The number of fused-ring (bicyclic) bond motifs is 1. The molecule has 8 heteroatoms. The molecule has 1 saturated carbocycles. The molecule has 1 fully saturated rings. The number of thiocarbonyl (C=S) groups is 1. The van der Waals surface area contributed by atoms with Crippen molar-refractivity contribution in [2.24, 2.45) is 5.10 Å². The van der Waals surface area contributed by atoms with Crippen molar-refractivity contribution in [1.82, 2.24) is 5.43 Å². The number of aromatic hydroxyl groups is 1. The molecule has 1 aliphatic heterocycles. The molecule has 164 valence electrons. The summed E-state index contributed by atoms with van der Waals surface area (Å²) in [6.07, 6.45) is 6.18. The molecule has 0 atom stereocenters. The molecule has 6 nitrogen and oxygen atoms in total. The number of ether oxygens (including phenoxy) is 2. The maximum atomic E-state index is 9.99. The number of phenols is 1. The standard InChI is InChI=1S/C23H26ClN3O3S/c1-14-10-18(21(29-2)12-17(14)24)25-22(31)27-26-19-13-23(8-4-3-5-9-23)30-20-7-6-15(28)11-16(19)20/h6-7,10-12,28H,3-5,8-9,13H2,1-2H3,(H2,25,27,31). The van der Waals surface area contributed by atoms with Crippen LogP contribution in [0.1, 0.15) is 49.7 Å². The zero-order chi connectivity index (χ0) is 22.0. The largest absolute Gasteiger partial charge is 0.508 e. The van der Waals surface area contributed by atoms with Gasteiger partial charge in [-0.15, -0.1) is 0 Å². The molecule has 1 heterocycles. The number of rotatable bonds is 3. The molecule has 0 unspecified atom stereocenters. The number of nitrogens with zero attached hydrogens (tertiary/aromatic N) is 1. The van der Waals surface area contributed by atoms with Crippen LogP contribution in [-0.2, 0) is 0 Å². The summed E-state index contributed by atoms with van der Waals surface area (Å²) in [6, 6.07) is 8.77. The Labute approximate surface area is 192 Å². The molecule has 0 radical (unpaired) electrons. The lowest BCUT2D eigenvalue weighted by Crippen LogP contribution is -2.44. The van der Waals surface area contributed by atoms with Gasteiger partial charge in [0.15, 0.2) is 5.11 Å². The highest BCUT2D eigenvalue weighted by Gasteiger charge is 2.40. The number of methoxy groups -OCH3 is 1. The van der Waals surface area contributed by atoms with Crippen LogP contribution in [0.3, 0.4) is 0 Å². The van der Waals surface area contributed by atoms with E-state index < -0.39 is 0 Å². The highest BCUT2D eigenvalue weighted by atomic mass is 35.5. The van der Waals surface area contributed by atoms with Crippen LogP contribution >= 0.6 is 23.8 Å². The summed E-state index contributed by atoms with van der Waals surface area (Å²) in [5.74, 6) is 1.52. The van der Waals surface area contributed by atoms with E-state index in [9.17, 15) is 5.11 Å². The Kier molecular flexibility index (Phi) is 6.25. The summed E-state index contributed by atoms with van der Waals surface area (Å²) in [5.41, 5.74) is 5.93. The number of halogens is 1. The van der Waals surface area contributed by atoms with Gasteiger partial charge < -0.3 is 19.9 Å². The van der Waals surface area contributed by atoms with E-state index >= 15 is 0 Å². The van der Waals surface area contributed by atoms with E-state index in [1.54, 1.807) is 25.3 Å². The first-order valence-corrected chi connectivity index (χ1v) is 11.2. The molecule has 0 bridgehead atoms. The Morgan fingerprint density at radius 3 is 2.74 bits per heavy atom. The van der Waals surface area contributed by atoms with Gasteiger partial charge in [-0.2, -0.15) is 5.10 Å². The first kappa shape index (κ1) is 21.7. The van der Waals surface area contributed by atoms with Gasteiger partial charge in [0.25, 0.3) is 0 Å². The van der Waals surface area contributed by atoms with Crippen LogP contribution < -0.4 is 20.2 Å². The lowest BCUT2D eigenvalue weighted by atomic mass is 9.78. The molecule has 2 aromatic rings. The van der Waals surface area contributed by atoms with Gasteiger partial charge in [-0.25, -0.2) is 0 Å². The van der Waals surface area contributed by atoms with Gasteiger partial charge in [0.2, 0.25) is 0 Å². The van der Waals surface area contributed by atoms with Gasteiger partial charge >= 0.3 is 0 Å². The second kappa shape index (κ2) is 8.93. The number of hydrazone groups is 1. The zero-order valence-corrected chi connectivity index (χ0v) is 19.2. The summed E-state index contributed by atoms with van der Waals surface area (Å²) in [6.45, 7) is 1.92. The van der Waals surface area contributed by atoms with Crippen molar-refractivity contribution in [3.8, 4) is 17.2 Å². The molecule has 0 aromatic heterocycles. The first-order valence-electron chi connectivity index (χ1n) is 10.4. The summed E-state index contributed by atoms with van der Waals surface area (Å²) in [5, 5.41) is 18.7. The fourth-order valence-corrected chi connectivity index (χ4v) is 4.58. The molecule has 31 heavy (non-hydrogen) atoms. The molecular weight excluding hydrogens is 434 g/mol. The minimum atomic E-state index is -0.242. The lowest BCUT2D eigenvalue weighted by Gasteiger charge is -2.41. The van der Waals surface area contributed by atoms with Crippen molar-refractivity contribution in [3.05, 3.63) is 46.5 Å². The van der Waals surface area contributed by atoms with Crippen molar-refractivity contribution in [2.45, 2.75) is 51.0 Å². The Bertz CT molecular complexity index is 1030. The normalized spacial score (nSPS) is 18.2. The van der Waals surface area contributed by atoms with E-state index in [0.717, 1.165) is 48.3 Å². The van der Waals surface area contributed by atoms with Gasteiger partial charge in [-0.1, -0.05) is 18.0 Å². The minimum Gasteiger partial charge on any atom is -0.508 e. The fourth-order valence-electron chi connectivity index (χ4n) is 4.28. The van der Waals surface area contributed by atoms with Gasteiger partial charge in [0.1, 0.15) is 22.8 Å². The van der Waals surface area contributed by atoms with E-state index in [-0.39, 0.29) is 11.4 Å². The van der Waals surface area contributed by atoms with Crippen molar-refractivity contribution in [1.29, 1.82) is 0 Å². The van der Waals surface area contributed by atoms with Crippen molar-refractivity contribution in [2.75, 3.05) is 12.4 Å². The van der Waals surface area contributed by atoms with Crippen LogP contribution in [-0.4, -0.2) is 28.6 Å². The Morgan fingerprint density at radius 1 is 1.23 bits per heavy atom. The highest BCUT2D eigenvalue weighted by Crippen LogP contribution is 2.42. The van der Waals surface area contributed by atoms with Crippen LogP contribution in [0.5, 0.6) is 17.2 Å². The molecule has 2 aromatic carbocycles. The minimum absolute atomic E-state index is 0.178. The average molecular weight is 460 g/mol. The smallest absolute Gasteiger partial charge is 0.191 e. The molecule has 3 N–H and O–H groups in total. The highest BCUT2D eigenvalue weighted by molar-refractivity contribution is 7.80. The molecule has 1 spiro atoms. The number of hydrogen-bond donors (Lipinski definition) is 3. The predicted molar refractivity (Wildman–Crippen MR) is 128 cm³/mol. The van der Waals surface area contributed by atoms with E-state index in [0.29, 0.717) is 28.0 Å². The second-order valence-electron chi connectivity index (χ2n) is 8.13. The van der Waals surface area contributed by atoms with Crippen molar-refractivity contribution >= 4 is 40.3 Å². The van der Waals surface area contributed by atoms with Crippen LogP contribution in [0.25, 0.3) is 0 Å². The third kappa shape index (κ3) is 4.72. The Balaban J connectivity index is 1.57. The fraction of sp³-hybridized carbons (Fsp3) is 0.391. The van der Waals surface area contributed by atoms with Crippen LogP contribution in [0.2, 0.25) is 5.02 Å². The second-order valence-corrected chi connectivity index (χ2v) is 8.94. The zero-order valence-electron chi connectivity index (χ0n) is 17.6. The van der Waals surface area contributed by atoms with Crippen molar-refractivity contribution in [3.63, 3.8) is 0 Å². The number of phenolic OH excluding ortho intramolecular Hbond substituents is 1. The van der Waals surface area contributed by atoms with Gasteiger partial charge in [0, 0.05) is 23.1 Å². The topological polar surface area (TPSA) is 75.1 Å². The van der Waals surface area contributed by atoms with E-state index in [1.807, 2.05) is 19.1 Å². The van der Waals surface area contributed by atoms with Crippen LogP contribution in [0, 0.1) is 6.92 Å². The third-order valence-corrected chi connectivity index (χ3v) is 6.48. The van der Waals surface area contributed by atoms with Crippen LogP contribution in [0.4, 0.5) is 5.69 Å². The van der Waals surface area contributed by atoms with Gasteiger partial charge in [-0.05, 0) is 74.7 Å². The number of anilines is 1. The van der Waals surface area contributed by atoms with E-state index in [1.165, 1.54) is 6.42 Å².